The molecule has 788 valence electrons. The first-order valence-electron chi connectivity index (χ1n) is 49.4. The number of alkyl carbamates (subject to hydrolysis) is 1. The molecule has 6 aliphatic carbocycles. The van der Waals surface area contributed by atoms with Crippen molar-refractivity contribution in [1.82, 2.24) is 35.7 Å². The number of carbonyl (C=O) groups is 12. The third kappa shape index (κ3) is 21.3. The topological polar surface area (TPSA) is 529 Å². The van der Waals surface area contributed by atoms with Gasteiger partial charge in [0.05, 0.1) is 63.7 Å². The van der Waals surface area contributed by atoms with Crippen molar-refractivity contribution in [3.8, 4) is 34.5 Å². The lowest BCUT2D eigenvalue weighted by molar-refractivity contribution is -0.198. The van der Waals surface area contributed by atoms with Crippen LogP contribution in [-0.2, 0) is 146 Å². The maximum absolute atomic E-state index is 13.1. The number of carbonyl (C=O) groups excluding carboxylic acids is 12. The van der Waals surface area contributed by atoms with Crippen molar-refractivity contribution in [2.75, 3.05) is 65.8 Å². The molecule has 6 aromatic rings. The van der Waals surface area contributed by atoms with Crippen LogP contribution in [0, 0.1) is 5.92 Å². The van der Waals surface area contributed by atoms with Crippen LogP contribution in [0.4, 0.5) is 4.79 Å². The Kier molecular flexibility index (Phi) is 32.7. The number of hydroxylamine groups is 2. The molecular formula is C107H127Cl2N9O29. The Morgan fingerprint density at radius 1 is 0.476 bits per heavy atom. The Labute approximate surface area is 859 Å². The summed E-state index contributed by atoms with van der Waals surface area (Å²) in [5, 5.41) is 76.8. The third-order valence-corrected chi connectivity index (χ3v) is 30.2. The first-order valence-corrected chi connectivity index (χ1v) is 50.5. The molecule has 0 radical (unpaired) electrons. The highest BCUT2D eigenvalue weighted by molar-refractivity contribution is 6.40. The molecule has 5 amide bonds. The van der Waals surface area contributed by atoms with Gasteiger partial charge in [-0.25, -0.2) is 24.0 Å². The quantitative estimate of drug-likeness (QED) is 0.00986. The van der Waals surface area contributed by atoms with Gasteiger partial charge in [-0.1, -0.05) is 116 Å². The van der Waals surface area contributed by atoms with E-state index in [1.807, 2.05) is 113 Å². The molecule has 19 rings (SSSR count). The number of likely N-dealkylation sites (N-methyl/N-ethyl adjacent to an activating group) is 3. The van der Waals surface area contributed by atoms with E-state index in [1.165, 1.54) is 20.8 Å². The number of halogens is 2. The number of piperidine rings is 3. The van der Waals surface area contributed by atoms with Gasteiger partial charge in [-0.05, 0) is 203 Å². The number of phenols is 3. The van der Waals surface area contributed by atoms with Crippen molar-refractivity contribution in [3.05, 3.63) is 213 Å². The second-order valence-corrected chi connectivity index (χ2v) is 41.3. The first kappa shape index (κ1) is 108. The van der Waals surface area contributed by atoms with Crippen LogP contribution in [0.3, 0.4) is 0 Å². The van der Waals surface area contributed by atoms with Crippen molar-refractivity contribution in [3.63, 3.8) is 0 Å². The molecule has 40 heteroatoms. The molecule has 4 saturated heterocycles. The minimum atomic E-state index is -1.23. The number of amides is 5. The summed E-state index contributed by atoms with van der Waals surface area (Å²) in [5.41, 5.74) is 12.7. The Morgan fingerprint density at radius 2 is 0.810 bits per heavy atom. The molecule has 0 aromatic heterocycles. The van der Waals surface area contributed by atoms with E-state index in [4.69, 9.17) is 86.9 Å². The monoisotopic (exact) mass is 2070 g/mol. The smallest absolute Gasteiger partial charge is 0.408 e. The summed E-state index contributed by atoms with van der Waals surface area (Å²) in [6.45, 7) is 13.5. The number of imide groups is 1. The van der Waals surface area contributed by atoms with Gasteiger partial charge in [-0.15, -0.1) is 28.3 Å². The predicted molar refractivity (Wildman–Crippen MR) is 528 cm³/mol. The lowest BCUT2D eigenvalue weighted by atomic mass is 9.50. The molecule has 7 heterocycles. The minimum absolute atomic E-state index is 0.00186. The molecule has 3 spiro atoms. The molecule has 6 aromatic carbocycles. The number of esters is 6. The lowest BCUT2D eigenvalue weighted by Gasteiger charge is -2.61. The van der Waals surface area contributed by atoms with Crippen molar-refractivity contribution >= 4 is 94.7 Å². The van der Waals surface area contributed by atoms with Gasteiger partial charge >= 0.3 is 47.9 Å². The van der Waals surface area contributed by atoms with Crippen LogP contribution in [0.2, 0.25) is 0 Å². The standard InChI is InChI=1S/C33H38N2O8.C32H37N3O8.C23H28N2O7.C18H22N2O6.CH2Cl2/c1-19(17-21-7-5-4-6-8-21)30(38)34-15-12-26(37)41-20(2)31(39)42-24-11-13-33(40)25-18-22-9-10-23(36)28-27(22)32(33,29(24)43-28)14-16-35(25)3;1-18(41-25(37)11-14-34-29(38)21(33)16-19-6-4-3-5-7-19)30(39)42-23-10-12-32(40)24-17-20-8-9-22(36)27-26(20)31(32,28(23)43-27)13-15-35(24)2;1-12(30-17(27)6-9-24)21(28)31-15-5-7-23(29)16-11-13-3-4-14(26)19-18(13)22(23,20(15)32-19)8-10-25(16)2;1-18(2,3)25-17(24)19-13(11-12-7-5-4-6-8-12)16(23)26-20-14(21)9-10-15(20)22;2-1-3/h4-11,19-20,25,29,36,40H,12-18H2,1-3H3,(H,34,38);3-10,18,21,24,28,36,40H,11-17,33H2,1-2H3,(H,34,38);3-5,12,16,20,26,29H,6-11,24H2,1-2H3;4-8,13H,9-11H2,1-3H3,(H,19,24);1H2/t19-,20-,25+,29-,32-,33+;18-,21-,24+,28-,31-,32+;12-,16+,20-,22-,23+;13-;/m0000./s1. The van der Waals surface area contributed by atoms with Crippen LogP contribution in [0.25, 0.3) is 0 Å². The molecule has 4 fully saturated rings. The van der Waals surface area contributed by atoms with Gasteiger partial charge in [0.1, 0.15) is 28.9 Å². The molecule has 13 aliphatic rings. The second-order valence-electron chi connectivity index (χ2n) is 40.5. The van der Waals surface area contributed by atoms with Crippen LogP contribution < -0.4 is 41.6 Å². The Morgan fingerprint density at radius 3 is 1.16 bits per heavy atom. The molecule has 0 unspecified atom stereocenters. The van der Waals surface area contributed by atoms with E-state index in [0.29, 0.717) is 86.8 Å². The zero-order chi connectivity index (χ0) is 106. The summed E-state index contributed by atoms with van der Waals surface area (Å²) in [6, 6.07) is 36.1. The highest BCUT2D eigenvalue weighted by Crippen LogP contribution is 2.69. The molecule has 6 bridgehead atoms. The van der Waals surface area contributed by atoms with Crippen LogP contribution in [0.1, 0.15) is 169 Å². The number of nitrogens with one attached hydrogen (secondary N) is 3. The Hall–Kier alpha value is -12.8. The number of aromatic hydroxyl groups is 3. The molecular weight excluding hydrogens is 1950 g/mol. The highest BCUT2D eigenvalue weighted by atomic mass is 35.5. The number of likely N-dealkylation sites (tertiary alicyclic amines) is 3. The van der Waals surface area contributed by atoms with E-state index in [9.17, 15) is 88.2 Å². The largest absolute Gasteiger partial charge is 0.504 e. The SMILES string of the molecule is CC(C)(C)OC(=O)N[C@@H](Cc1ccccc1)C(=O)ON1C(=O)CCC1=O.C[C@H](OC(=O)CCN)C(=O)OC1=CC[C@@]2(O)[C@H]3Cc4ccc(O)c5c4[C@@]2(CCN3C)[C@H]1O5.C[C@H](OC(=O)CCNC(=O)[C@@H](C)Cc1ccccc1)C(=O)OC1=CC[C@@]2(O)[C@H]3Cc4ccc(O)c5c4[C@@]2(CCN3C)[C@H]1O5.C[C@H](OC(=O)CCNC(=O)[C@@H](N)Cc1ccccc1)C(=O)OC1=CC[C@@]2(O)[C@H]3Cc4ccc(O)c5c4[C@@]2(CCN3C)[C@H]1O5.ClCCl. The van der Waals surface area contributed by atoms with Gasteiger partial charge in [-0.2, -0.15) is 0 Å². The fourth-order valence-electron chi connectivity index (χ4n) is 23.1. The summed E-state index contributed by atoms with van der Waals surface area (Å²) in [4.78, 5) is 159. The first-order chi connectivity index (χ1) is 69.9. The Balaban J connectivity index is 0.000000148. The fourth-order valence-corrected chi connectivity index (χ4v) is 23.1. The summed E-state index contributed by atoms with van der Waals surface area (Å²) in [5.74, 6) is -5.41. The van der Waals surface area contributed by atoms with Crippen molar-refractivity contribution in [1.29, 1.82) is 0 Å². The summed E-state index contributed by atoms with van der Waals surface area (Å²) in [7, 11) is 5.99. The van der Waals surface area contributed by atoms with Gasteiger partial charge in [0, 0.05) is 98.9 Å². The minimum Gasteiger partial charge on any atom is -0.504 e. The zero-order valence-electron chi connectivity index (χ0n) is 83.5. The number of rotatable bonds is 28. The predicted octanol–water partition coefficient (Wildman–Crippen LogP) is 7.40. The molecule has 38 nitrogen and oxygen atoms in total. The van der Waals surface area contributed by atoms with E-state index in [1.54, 1.807) is 81.5 Å². The molecule has 0 saturated carbocycles. The average Bonchev–Trinajstić information content (AvgIpc) is 1.51. The van der Waals surface area contributed by atoms with Gasteiger partial charge in [0.2, 0.25) is 11.8 Å². The van der Waals surface area contributed by atoms with Crippen molar-refractivity contribution in [2.24, 2.45) is 17.4 Å². The molecule has 7 aliphatic heterocycles. The average molecular weight is 2070 g/mol. The molecule has 18 atom stereocenters. The van der Waals surface area contributed by atoms with Crippen LogP contribution in [-0.4, -0.2) is 277 Å². The van der Waals surface area contributed by atoms with Gasteiger partial charge < -0.3 is 125 Å². The van der Waals surface area contributed by atoms with E-state index in [-0.39, 0.29) is 147 Å². The summed E-state index contributed by atoms with van der Waals surface area (Å²) in [6.07, 6.45) is 3.43. The number of alkyl halides is 2. The normalized spacial score (nSPS) is 26.5. The maximum Gasteiger partial charge on any atom is 0.408 e. The van der Waals surface area contributed by atoms with Gasteiger partial charge in [0.25, 0.3) is 11.8 Å². The third-order valence-electron chi connectivity index (χ3n) is 30.2. The maximum atomic E-state index is 13.1. The highest BCUT2D eigenvalue weighted by Gasteiger charge is 2.76. The number of nitrogens with zero attached hydrogens (tertiary/aromatic N) is 4. The summed E-state index contributed by atoms with van der Waals surface area (Å²) < 4.78 is 56.9. The number of phenolic OH excluding ortho intramolecular Hbond substituents is 3. The second kappa shape index (κ2) is 44.3. The number of nitrogens with two attached hydrogens (primary N) is 2. The van der Waals surface area contributed by atoms with Crippen LogP contribution in [0.5, 0.6) is 34.5 Å². The fraction of sp³-hybridized carbons (Fsp3) is 0.495. The number of benzene rings is 6. The van der Waals surface area contributed by atoms with E-state index >= 15 is 0 Å². The van der Waals surface area contributed by atoms with E-state index in [0.717, 1.165) is 56.6 Å². The summed E-state index contributed by atoms with van der Waals surface area (Å²) >= 11 is 9.53. The number of ether oxygens (including phenoxy) is 10. The van der Waals surface area contributed by atoms with E-state index < -0.39 is 153 Å². The molecule has 147 heavy (non-hydrogen) atoms. The number of aliphatic hydroxyl groups is 3. The van der Waals surface area contributed by atoms with Gasteiger partial charge in [0.15, 0.2) is 71.1 Å². The lowest BCUT2D eigenvalue weighted by Crippen LogP contribution is -2.74. The van der Waals surface area contributed by atoms with Crippen molar-refractivity contribution < 1.29 is 140 Å². The number of hydrogen-bond donors (Lipinski definition) is 11. The zero-order valence-corrected chi connectivity index (χ0v) is 85.0. The van der Waals surface area contributed by atoms with Crippen LogP contribution >= 0.6 is 23.2 Å². The van der Waals surface area contributed by atoms with E-state index in [2.05, 4.69) is 30.7 Å². The molecule has 13 N–H and O–H groups in total. The van der Waals surface area contributed by atoms with Gasteiger partial charge in [-0.3, -0.25) is 33.6 Å². The Bertz CT molecular complexity index is 5890. The number of hydrogen-bond acceptors (Lipinski definition) is 34. The van der Waals surface area contributed by atoms with Crippen LogP contribution in [0.15, 0.2) is 163 Å². The van der Waals surface area contributed by atoms with Crippen molar-refractivity contribution in [2.45, 2.75) is 263 Å².